The molecule has 5 heteroatoms. The van der Waals surface area contributed by atoms with Gasteiger partial charge in [0.15, 0.2) is 0 Å². The lowest BCUT2D eigenvalue weighted by molar-refractivity contribution is -0.138. The molecule has 3 aromatic rings. The van der Waals surface area contributed by atoms with Gasteiger partial charge >= 0.3 is 5.97 Å². The van der Waals surface area contributed by atoms with Crippen LogP contribution in [0.4, 0.5) is 5.69 Å². The van der Waals surface area contributed by atoms with E-state index in [1.54, 1.807) is 6.92 Å². The van der Waals surface area contributed by atoms with Gasteiger partial charge < -0.3 is 14.6 Å². The van der Waals surface area contributed by atoms with Crippen LogP contribution in [0, 0.1) is 0 Å². The second-order valence-corrected chi connectivity index (χ2v) is 4.76. The molecule has 22 heavy (non-hydrogen) atoms. The van der Waals surface area contributed by atoms with Crippen molar-refractivity contribution >= 4 is 33.6 Å². The molecular weight excluding hydrogens is 280 g/mol. The van der Waals surface area contributed by atoms with Gasteiger partial charge in [-0.1, -0.05) is 24.8 Å². The second kappa shape index (κ2) is 5.81. The average Bonchev–Trinajstić information content (AvgIpc) is 2.90. The summed E-state index contributed by atoms with van der Waals surface area (Å²) in [6, 6.07) is 13.5. The van der Waals surface area contributed by atoms with Crippen LogP contribution in [0.5, 0.6) is 0 Å². The Morgan fingerprint density at radius 2 is 1.95 bits per heavy atom. The van der Waals surface area contributed by atoms with E-state index in [0.717, 1.165) is 27.6 Å². The third-order valence-electron chi connectivity index (χ3n) is 3.26. The maximum absolute atomic E-state index is 11.5. The van der Waals surface area contributed by atoms with Gasteiger partial charge in [0.25, 0.3) is 0 Å². The first-order valence-corrected chi connectivity index (χ1v) is 6.98. The van der Waals surface area contributed by atoms with Crippen molar-refractivity contribution in [2.24, 2.45) is 0 Å². The Labute approximate surface area is 127 Å². The van der Waals surface area contributed by atoms with E-state index >= 15 is 0 Å². The van der Waals surface area contributed by atoms with Gasteiger partial charge in [0.1, 0.15) is 16.9 Å². The molecule has 0 saturated heterocycles. The fraction of sp³-hybridized carbons (Fsp3) is 0.118. The molecule has 0 aliphatic rings. The summed E-state index contributed by atoms with van der Waals surface area (Å²) in [6.07, 6.45) is 0. The highest BCUT2D eigenvalue weighted by atomic mass is 16.5. The quantitative estimate of drug-likeness (QED) is 0.428. The van der Waals surface area contributed by atoms with Crippen molar-refractivity contribution < 1.29 is 13.9 Å². The summed E-state index contributed by atoms with van der Waals surface area (Å²) in [5.74, 6) is -0.482. The van der Waals surface area contributed by atoms with Crippen LogP contribution in [0.3, 0.4) is 0 Å². The van der Waals surface area contributed by atoms with Crippen LogP contribution < -0.4 is 10.9 Å². The maximum Gasteiger partial charge on any atom is 0.355 e. The molecule has 1 heterocycles. The number of hydrogen-bond acceptors (Lipinski definition) is 5. The molecule has 0 atom stereocenters. The number of para-hydroxylation sites is 1. The first-order chi connectivity index (χ1) is 10.7. The minimum absolute atomic E-state index is 0.152. The molecule has 0 aliphatic carbocycles. The van der Waals surface area contributed by atoms with Crippen molar-refractivity contribution in [2.75, 3.05) is 12.0 Å². The van der Waals surface area contributed by atoms with E-state index in [0.29, 0.717) is 6.61 Å². The van der Waals surface area contributed by atoms with E-state index in [1.807, 2.05) is 42.5 Å². The van der Waals surface area contributed by atoms with Gasteiger partial charge in [0, 0.05) is 10.8 Å². The number of benzene rings is 2. The Hall–Kier alpha value is -2.95. The summed E-state index contributed by atoms with van der Waals surface area (Å²) in [6.45, 7) is 5.68. The van der Waals surface area contributed by atoms with Gasteiger partial charge in [0.2, 0.25) is 0 Å². The first kappa shape index (κ1) is 14.0. The monoisotopic (exact) mass is 296 g/mol. The SMILES string of the molecule is C=C(NNc1ccc2oc3ccccc3c2c1)C(=O)OCC. The lowest BCUT2D eigenvalue weighted by Crippen LogP contribution is -2.26. The van der Waals surface area contributed by atoms with E-state index in [4.69, 9.17) is 9.15 Å². The summed E-state index contributed by atoms with van der Waals surface area (Å²) < 4.78 is 10.6. The number of fused-ring (bicyclic) bond motifs is 3. The summed E-state index contributed by atoms with van der Waals surface area (Å²) >= 11 is 0. The molecule has 0 amide bonds. The Balaban J connectivity index is 1.81. The number of hydrogen-bond donors (Lipinski definition) is 2. The highest BCUT2D eigenvalue weighted by Gasteiger charge is 2.09. The summed E-state index contributed by atoms with van der Waals surface area (Å²) in [7, 11) is 0. The Morgan fingerprint density at radius 3 is 2.77 bits per heavy atom. The van der Waals surface area contributed by atoms with Crippen molar-refractivity contribution in [3.8, 4) is 0 Å². The third kappa shape index (κ3) is 2.61. The van der Waals surface area contributed by atoms with Gasteiger partial charge in [-0.15, -0.1) is 0 Å². The predicted molar refractivity (Wildman–Crippen MR) is 86.3 cm³/mol. The molecule has 3 rings (SSSR count). The number of anilines is 1. The molecule has 0 aliphatic heterocycles. The zero-order chi connectivity index (χ0) is 15.5. The number of carbonyl (C=O) groups excluding carboxylic acids is 1. The van der Waals surface area contributed by atoms with Crippen molar-refractivity contribution in [2.45, 2.75) is 6.92 Å². The molecule has 0 radical (unpaired) electrons. The second-order valence-electron chi connectivity index (χ2n) is 4.76. The van der Waals surface area contributed by atoms with Crippen molar-refractivity contribution in [3.63, 3.8) is 0 Å². The average molecular weight is 296 g/mol. The number of ether oxygens (including phenoxy) is 1. The molecular formula is C17H16N2O3. The molecule has 0 fully saturated rings. The Bertz CT molecular complexity index is 851. The maximum atomic E-state index is 11.5. The summed E-state index contributed by atoms with van der Waals surface area (Å²) in [4.78, 5) is 11.5. The van der Waals surface area contributed by atoms with E-state index in [1.165, 1.54) is 0 Å². The smallest absolute Gasteiger partial charge is 0.355 e. The van der Waals surface area contributed by atoms with Crippen molar-refractivity contribution in [1.29, 1.82) is 0 Å². The number of nitrogens with one attached hydrogen (secondary N) is 2. The van der Waals surface area contributed by atoms with Gasteiger partial charge in [-0.25, -0.2) is 4.79 Å². The molecule has 5 nitrogen and oxygen atoms in total. The van der Waals surface area contributed by atoms with Crippen LogP contribution in [-0.2, 0) is 9.53 Å². The van der Waals surface area contributed by atoms with E-state index in [9.17, 15) is 4.79 Å². The summed E-state index contributed by atoms with van der Waals surface area (Å²) in [5.41, 5.74) is 8.29. The molecule has 2 N–H and O–H groups in total. The largest absolute Gasteiger partial charge is 0.461 e. The van der Waals surface area contributed by atoms with Gasteiger partial charge in [0.05, 0.1) is 12.3 Å². The zero-order valence-electron chi connectivity index (χ0n) is 12.2. The Kier molecular flexibility index (Phi) is 3.70. The topological polar surface area (TPSA) is 63.5 Å². The fourth-order valence-corrected chi connectivity index (χ4v) is 2.22. The molecule has 0 spiro atoms. The van der Waals surface area contributed by atoms with E-state index in [-0.39, 0.29) is 5.70 Å². The van der Waals surface area contributed by atoms with Crippen LogP contribution >= 0.6 is 0 Å². The molecule has 112 valence electrons. The molecule has 1 aromatic heterocycles. The highest BCUT2D eigenvalue weighted by molar-refractivity contribution is 6.05. The number of esters is 1. The van der Waals surface area contributed by atoms with Crippen LogP contribution in [0.2, 0.25) is 0 Å². The minimum atomic E-state index is -0.482. The number of furan rings is 1. The van der Waals surface area contributed by atoms with Gasteiger partial charge in [-0.2, -0.15) is 0 Å². The van der Waals surface area contributed by atoms with Crippen LogP contribution in [-0.4, -0.2) is 12.6 Å². The predicted octanol–water partition coefficient (Wildman–Crippen LogP) is 3.58. The normalized spacial score (nSPS) is 10.6. The number of hydrazine groups is 1. The lowest BCUT2D eigenvalue weighted by Gasteiger charge is -2.11. The molecule has 0 bridgehead atoms. The summed E-state index contributed by atoms with van der Waals surface area (Å²) in [5, 5.41) is 2.05. The zero-order valence-corrected chi connectivity index (χ0v) is 12.2. The minimum Gasteiger partial charge on any atom is -0.461 e. The fourth-order valence-electron chi connectivity index (χ4n) is 2.22. The molecule has 2 aromatic carbocycles. The highest BCUT2D eigenvalue weighted by Crippen LogP contribution is 2.30. The molecule has 0 unspecified atom stereocenters. The van der Waals surface area contributed by atoms with Crippen LogP contribution in [0.15, 0.2) is 59.2 Å². The van der Waals surface area contributed by atoms with Crippen LogP contribution in [0.25, 0.3) is 21.9 Å². The van der Waals surface area contributed by atoms with E-state index in [2.05, 4.69) is 17.4 Å². The Morgan fingerprint density at radius 1 is 1.18 bits per heavy atom. The van der Waals surface area contributed by atoms with Crippen molar-refractivity contribution in [1.82, 2.24) is 5.43 Å². The van der Waals surface area contributed by atoms with E-state index < -0.39 is 5.97 Å². The number of rotatable bonds is 5. The standard InChI is InChI=1S/C17H16N2O3/c1-3-21-17(20)11(2)18-19-12-8-9-16-14(10-12)13-6-4-5-7-15(13)22-16/h4-10,18-19H,2-3H2,1H3. The van der Waals surface area contributed by atoms with Crippen LogP contribution in [0.1, 0.15) is 6.92 Å². The first-order valence-electron chi connectivity index (χ1n) is 6.98. The van der Waals surface area contributed by atoms with Gasteiger partial charge in [-0.3, -0.25) is 5.43 Å². The van der Waals surface area contributed by atoms with Crippen molar-refractivity contribution in [3.05, 3.63) is 54.7 Å². The molecule has 0 saturated carbocycles. The van der Waals surface area contributed by atoms with Gasteiger partial charge in [-0.05, 0) is 31.2 Å². The lowest BCUT2D eigenvalue weighted by atomic mass is 10.1. The third-order valence-corrected chi connectivity index (χ3v) is 3.26. The number of carbonyl (C=O) groups is 1.